The van der Waals surface area contributed by atoms with E-state index >= 15 is 0 Å². The smallest absolute Gasteiger partial charge is 0.264 e. The lowest BCUT2D eigenvalue weighted by Crippen LogP contribution is -2.52. The molecule has 2 amide bonds. The maximum Gasteiger partial charge on any atom is 0.264 e. The number of hydrogen-bond acceptors (Lipinski definition) is 6. The van der Waals surface area contributed by atoms with Crippen LogP contribution in [0, 0.1) is 11.6 Å². The molecule has 0 aromatic heterocycles. The predicted octanol–water partition coefficient (Wildman–Crippen LogP) is 4.65. The van der Waals surface area contributed by atoms with Crippen LogP contribution in [0.3, 0.4) is 0 Å². The van der Waals surface area contributed by atoms with Crippen molar-refractivity contribution in [1.29, 1.82) is 0 Å². The number of hydrogen-bond donors (Lipinski definition) is 1. The van der Waals surface area contributed by atoms with Crippen LogP contribution < -0.4 is 19.1 Å². The minimum absolute atomic E-state index is 0.00105. The summed E-state index contributed by atoms with van der Waals surface area (Å²) < 4.78 is 66.8. The second-order valence-electron chi connectivity index (χ2n) is 10.3. The topological polar surface area (TPSA) is 105 Å². The molecule has 1 N–H and O–H groups in total. The van der Waals surface area contributed by atoms with E-state index < -0.39 is 40.2 Å². The molecule has 1 aliphatic rings. The molecule has 230 valence electrons. The zero-order valence-corrected chi connectivity index (χ0v) is 25.1. The molecule has 0 spiro atoms. The van der Waals surface area contributed by atoms with Crippen molar-refractivity contribution >= 4 is 27.5 Å². The Balaban J connectivity index is 1.71. The molecule has 0 aliphatic heterocycles. The maximum atomic E-state index is 14.0. The number of benzene rings is 3. The number of nitrogens with one attached hydrogen (secondary N) is 1. The fourth-order valence-electron chi connectivity index (χ4n) is 5.00. The molecule has 4 rings (SSSR count). The van der Waals surface area contributed by atoms with Crippen molar-refractivity contribution in [2.24, 2.45) is 0 Å². The lowest BCUT2D eigenvalue weighted by atomic mass is 10.1. The number of nitrogens with zero attached hydrogens (tertiary/aromatic N) is 2. The number of sulfonamides is 1. The lowest BCUT2D eigenvalue weighted by molar-refractivity contribution is -0.139. The molecule has 0 radical (unpaired) electrons. The molecule has 1 aliphatic carbocycles. The summed E-state index contributed by atoms with van der Waals surface area (Å²) in [6.07, 6.45) is 3.68. The van der Waals surface area contributed by atoms with Gasteiger partial charge in [0.05, 0.1) is 24.8 Å². The fourth-order valence-corrected chi connectivity index (χ4v) is 6.43. The second kappa shape index (κ2) is 13.9. The number of rotatable bonds is 12. The largest absolute Gasteiger partial charge is 0.493 e. The second-order valence-corrected chi connectivity index (χ2v) is 12.2. The Morgan fingerprint density at radius 3 is 2.07 bits per heavy atom. The van der Waals surface area contributed by atoms with Gasteiger partial charge in [-0.05, 0) is 73.9 Å². The SMILES string of the molecule is COc1ccc(S(=O)(=O)N(CC(=O)N(Cc2ccc(F)cc2)C(C)C(=O)NC2CCCC2)c2ccc(F)cc2)cc1OC. The van der Waals surface area contributed by atoms with Crippen LogP contribution in [0.1, 0.15) is 38.2 Å². The van der Waals surface area contributed by atoms with Gasteiger partial charge >= 0.3 is 0 Å². The summed E-state index contributed by atoms with van der Waals surface area (Å²) in [5.74, 6) is -1.65. The average molecular weight is 616 g/mol. The number of amides is 2. The minimum Gasteiger partial charge on any atom is -0.493 e. The van der Waals surface area contributed by atoms with E-state index in [9.17, 15) is 26.8 Å². The van der Waals surface area contributed by atoms with Crippen LogP contribution in [0.15, 0.2) is 71.6 Å². The molecule has 1 fully saturated rings. The minimum atomic E-state index is -4.42. The van der Waals surface area contributed by atoms with Crippen molar-refractivity contribution in [3.63, 3.8) is 0 Å². The van der Waals surface area contributed by atoms with Gasteiger partial charge in [0.2, 0.25) is 11.8 Å². The van der Waals surface area contributed by atoms with Crippen molar-refractivity contribution in [2.45, 2.75) is 56.1 Å². The highest BCUT2D eigenvalue weighted by Gasteiger charge is 2.34. The molecule has 3 aromatic rings. The van der Waals surface area contributed by atoms with E-state index in [2.05, 4.69) is 5.32 Å². The number of carbonyl (C=O) groups is 2. The third kappa shape index (κ3) is 7.61. The number of ether oxygens (including phenoxy) is 2. The fraction of sp³-hybridized carbons (Fsp3) is 0.355. The first kappa shape index (κ1) is 31.7. The van der Waals surface area contributed by atoms with Gasteiger partial charge in [0.15, 0.2) is 11.5 Å². The standard InChI is InChI=1S/C31H35F2N3O6S/c1-21(31(38)34-25-6-4-5-7-25)35(19-22-8-10-23(32)11-9-22)30(37)20-36(26-14-12-24(33)13-15-26)43(39,40)27-16-17-28(41-2)29(18-27)42-3/h8-18,21,25H,4-7,19-20H2,1-3H3,(H,34,38). The Labute approximate surface area is 250 Å². The Morgan fingerprint density at radius 2 is 1.49 bits per heavy atom. The Bertz CT molecular complexity index is 1530. The zero-order valence-electron chi connectivity index (χ0n) is 24.3. The van der Waals surface area contributed by atoms with Crippen molar-refractivity contribution < 1.29 is 36.3 Å². The molecule has 1 saturated carbocycles. The third-order valence-electron chi connectivity index (χ3n) is 7.47. The number of methoxy groups -OCH3 is 2. The van der Waals surface area contributed by atoms with Crippen LogP contribution in [0.5, 0.6) is 11.5 Å². The Kier molecular flexibility index (Phi) is 10.2. The molecule has 0 heterocycles. The van der Waals surface area contributed by atoms with Gasteiger partial charge < -0.3 is 19.7 Å². The molecule has 43 heavy (non-hydrogen) atoms. The van der Waals surface area contributed by atoms with E-state index in [0.29, 0.717) is 11.3 Å². The van der Waals surface area contributed by atoms with Crippen LogP contribution in [0.25, 0.3) is 0 Å². The van der Waals surface area contributed by atoms with E-state index in [1.807, 2.05) is 0 Å². The first-order chi connectivity index (χ1) is 20.5. The van der Waals surface area contributed by atoms with Gasteiger partial charge in [-0.25, -0.2) is 17.2 Å². The first-order valence-electron chi connectivity index (χ1n) is 13.9. The molecule has 1 atom stereocenters. The monoisotopic (exact) mass is 615 g/mol. The number of anilines is 1. The van der Waals surface area contributed by atoms with Crippen LogP contribution >= 0.6 is 0 Å². The van der Waals surface area contributed by atoms with Gasteiger partial charge in [-0.1, -0.05) is 25.0 Å². The molecular formula is C31H35F2N3O6S. The van der Waals surface area contributed by atoms with Crippen LogP contribution in [-0.4, -0.2) is 58.0 Å². The average Bonchev–Trinajstić information content (AvgIpc) is 3.52. The summed E-state index contributed by atoms with van der Waals surface area (Å²) in [6.45, 7) is 0.785. The van der Waals surface area contributed by atoms with Gasteiger partial charge in [0.1, 0.15) is 24.2 Å². The normalized spacial score (nSPS) is 14.2. The molecule has 3 aromatic carbocycles. The Hall–Kier alpha value is -4.19. The van der Waals surface area contributed by atoms with Crippen LogP contribution in [-0.2, 0) is 26.2 Å². The van der Waals surface area contributed by atoms with E-state index in [1.165, 1.54) is 73.7 Å². The van der Waals surface area contributed by atoms with E-state index in [0.717, 1.165) is 42.1 Å². The van der Waals surface area contributed by atoms with Gasteiger partial charge in [-0.15, -0.1) is 0 Å². The summed E-state index contributed by atoms with van der Waals surface area (Å²) >= 11 is 0. The van der Waals surface area contributed by atoms with Crippen molar-refractivity contribution in [1.82, 2.24) is 10.2 Å². The summed E-state index contributed by atoms with van der Waals surface area (Å²) in [5, 5.41) is 2.99. The quantitative estimate of drug-likeness (QED) is 0.318. The van der Waals surface area contributed by atoms with Gasteiger partial charge in [0.25, 0.3) is 10.0 Å². The highest BCUT2D eigenvalue weighted by Crippen LogP contribution is 2.32. The first-order valence-corrected chi connectivity index (χ1v) is 15.3. The molecule has 0 bridgehead atoms. The van der Waals surface area contributed by atoms with Crippen molar-refractivity contribution in [3.8, 4) is 11.5 Å². The Morgan fingerprint density at radius 1 is 0.907 bits per heavy atom. The zero-order chi connectivity index (χ0) is 31.1. The van der Waals surface area contributed by atoms with Gasteiger partial charge in [-0.2, -0.15) is 0 Å². The van der Waals surface area contributed by atoms with Crippen LogP contribution in [0.4, 0.5) is 14.5 Å². The van der Waals surface area contributed by atoms with Gasteiger partial charge in [-0.3, -0.25) is 13.9 Å². The molecule has 1 unspecified atom stereocenters. The van der Waals surface area contributed by atoms with Crippen molar-refractivity contribution in [2.75, 3.05) is 25.1 Å². The number of halogens is 2. The molecule has 0 saturated heterocycles. The third-order valence-corrected chi connectivity index (χ3v) is 9.24. The number of carbonyl (C=O) groups excluding carboxylic acids is 2. The lowest BCUT2D eigenvalue weighted by Gasteiger charge is -2.32. The summed E-state index contributed by atoms with van der Waals surface area (Å²) in [5.41, 5.74) is 0.584. The highest BCUT2D eigenvalue weighted by molar-refractivity contribution is 7.92. The van der Waals surface area contributed by atoms with E-state index in [-0.39, 0.29) is 34.8 Å². The summed E-state index contributed by atoms with van der Waals surface area (Å²) in [4.78, 5) is 28.3. The van der Waals surface area contributed by atoms with E-state index in [1.54, 1.807) is 6.92 Å². The molecular weight excluding hydrogens is 580 g/mol. The summed E-state index contributed by atoms with van der Waals surface area (Å²) in [6, 6.07) is 13.2. The predicted molar refractivity (Wildman–Crippen MR) is 157 cm³/mol. The van der Waals surface area contributed by atoms with Crippen LogP contribution in [0.2, 0.25) is 0 Å². The summed E-state index contributed by atoms with van der Waals surface area (Å²) in [7, 11) is -1.64. The van der Waals surface area contributed by atoms with Crippen molar-refractivity contribution in [3.05, 3.63) is 83.9 Å². The molecule has 9 nitrogen and oxygen atoms in total. The van der Waals surface area contributed by atoms with Gasteiger partial charge in [0, 0.05) is 18.7 Å². The van der Waals surface area contributed by atoms with E-state index in [4.69, 9.17) is 9.47 Å². The maximum absolute atomic E-state index is 14.0. The molecule has 12 heteroatoms. The highest BCUT2D eigenvalue weighted by atomic mass is 32.2.